The Bertz CT molecular complexity index is 889. The van der Waals surface area contributed by atoms with Crippen molar-refractivity contribution in [2.24, 2.45) is 5.10 Å². The van der Waals surface area contributed by atoms with Crippen LogP contribution < -0.4 is 10.2 Å². The number of hydrazone groups is 1. The molecule has 0 aliphatic heterocycles. The fraction of sp³-hybridized carbons (Fsp3) is 0.188. The van der Waals surface area contributed by atoms with Gasteiger partial charge in [-0.3, -0.25) is 5.43 Å². The van der Waals surface area contributed by atoms with Crippen molar-refractivity contribution < 1.29 is 9.84 Å². The second kappa shape index (κ2) is 6.21. The number of aromatic nitrogens is 2. The lowest BCUT2D eigenvalue weighted by atomic mass is 10.2. The topological polar surface area (TPSA) is 79.6 Å². The minimum atomic E-state index is 0.0518. The Hall–Kier alpha value is -2.67. The molecular weight excluding hydrogens is 312 g/mol. The fourth-order valence-corrected chi connectivity index (χ4v) is 3.24. The first-order chi connectivity index (χ1) is 11.1. The van der Waals surface area contributed by atoms with Crippen LogP contribution in [-0.2, 0) is 0 Å². The molecular formula is C16H16N4O2S. The Labute approximate surface area is 137 Å². The van der Waals surface area contributed by atoms with Gasteiger partial charge in [-0.15, -0.1) is 11.3 Å². The summed E-state index contributed by atoms with van der Waals surface area (Å²) in [6.45, 7) is 4.10. The van der Waals surface area contributed by atoms with Crippen LogP contribution in [0.3, 0.4) is 0 Å². The Morgan fingerprint density at radius 1 is 1.30 bits per heavy atom. The number of methoxy groups -OCH3 is 1. The van der Waals surface area contributed by atoms with Crippen molar-refractivity contribution in [2.75, 3.05) is 12.5 Å². The number of nitrogens with one attached hydrogen (secondary N) is 1. The van der Waals surface area contributed by atoms with Crippen LogP contribution in [-0.4, -0.2) is 28.4 Å². The highest BCUT2D eigenvalue weighted by Gasteiger charge is 2.11. The molecule has 7 heteroatoms. The summed E-state index contributed by atoms with van der Waals surface area (Å²) in [5.41, 5.74) is 4.63. The van der Waals surface area contributed by atoms with Crippen LogP contribution in [0.5, 0.6) is 11.5 Å². The number of phenols is 1. The van der Waals surface area contributed by atoms with Crippen molar-refractivity contribution in [3.05, 3.63) is 40.5 Å². The van der Waals surface area contributed by atoms with Crippen LogP contribution >= 0.6 is 11.3 Å². The lowest BCUT2D eigenvalue weighted by Gasteiger charge is -2.05. The zero-order valence-corrected chi connectivity index (χ0v) is 13.8. The number of hydrogen-bond acceptors (Lipinski definition) is 7. The van der Waals surface area contributed by atoms with Crippen molar-refractivity contribution in [1.82, 2.24) is 9.97 Å². The molecule has 0 radical (unpaired) electrons. The van der Waals surface area contributed by atoms with Gasteiger partial charge in [0.05, 0.1) is 18.7 Å². The minimum absolute atomic E-state index is 0.0518. The molecule has 0 saturated carbocycles. The summed E-state index contributed by atoms with van der Waals surface area (Å²) in [5.74, 6) is 1.11. The van der Waals surface area contributed by atoms with E-state index in [9.17, 15) is 5.11 Å². The van der Waals surface area contributed by atoms with E-state index < -0.39 is 0 Å². The Morgan fingerprint density at radius 3 is 2.91 bits per heavy atom. The second-order valence-corrected chi connectivity index (χ2v) is 6.16. The molecule has 3 rings (SSSR count). The molecule has 0 spiro atoms. The molecule has 0 unspecified atom stereocenters. The summed E-state index contributed by atoms with van der Waals surface area (Å²) in [7, 11) is 1.51. The monoisotopic (exact) mass is 328 g/mol. The summed E-state index contributed by atoms with van der Waals surface area (Å²) in [5, 5.41) is 15.2. The molecule has 2 heterocycles. The number of ether oxygens (including phenoxy) is 1. The van der Waals surface area contributed by atoms with Gasteiger partial charge in [-0.2, -0.15) is 5.10 Å². The number of anilines is 1. The number of aromatic hydroxyl groups is 1. The van der Waals surface area contributed by atoms with Crippen LogP contribution in [0.15, 0.2) is 29.6 Å². The number of phenolic OH excluding ortho intramolecular Hbond substituents is 1. The quantitative estimate of drug-likeness (QED) is 0.566. The Balaban J connectivity index is 1.89. The number of rotatable bonds is 4. The summed E-state index contributed by atoms with van der Waals surface area (Å²) in [6, 6.07) is 5.22. The molecule has 0 bridgehead atoms. The maximum Gasteiger partial charge on any atom is 0.166 e. The molecule has 0 amide bonds. The Kier molecular flexibility index (Phi) is 4.12. The third kappa shape index (κ3) is 2.83. The molecule has 2 N–H and O–H groups in total. The maximum absolute atomic E-state index is 10.0. The van der Waals surface area contributed by atoms with E-state index in [4.69, 9.17) is 4.74 Å². The van der Waals surface area contributed by atoms with Crippen molar-refractivity contribution in [3.8, 4) is 11.5 Å². The van der Waals surface area contributed by atoms with Gasteiger partial charge in [-0.25, -0.2) is 9.97 Å². The molecule has 0 atom stereocenters. The molecule has 0 aliphatic rings. The highest BCUT2D eigenvalue weighted by molar-refractivity contribution is 7.18. The molecule has 1 aromatic carbocycles. The van der Waals surface area contributed by atoms with Gasteiger partial charge in [-0.05, 0) is 31.5 Å². The predicted octanol–water partition coefficient (Wildman–Crippen LogP) is 3.47. The first kappa shape index (κ1) is 15.2. The summed E-state index contributed by atoms with van der Waals surface area (Å²) < 4.78 is 5.08. The summed E-state index contributed by atoms with van der Waals surface area (Å²) >= 11 is 1.63. The Morgan fingerprint density at radius 2 is 2.13 bits per heavy atom. The van der Waals surface area contributed by atoms with E-state index in [0.717, 1.165) is 15.8 Å². The van der Waals surface area contributed by atoms with Crippen molar-refractivity contribution >= 4 is 33.6 Å². The van der Waals surface area contributed by atoms with E-state index in [1.807, 2.05) is 6.92 Å². The normalized spacial score (nSPS) is 11.3. The van der Waals surface area contributed by atoms with E-state index in [2.05, 4.69) is 27.4 Å². The van der Waals surface area contributed by atoms with Gasteiger partial charge in [0.15, 0.2) is 17.3 Å². The zero-order chi connectivity index (χ0) is 16.4. The van der Waals surface area contributed by atoms with E-state index in [1.54, 1.807) is 29.5 Å². The SMILES string of the molecule is COc1cccc(C=NNc2ncnc3sc(C)c(C)c23)c1O. The van der Waals surface area contributed by atoms with Crippen LogP contribution in [0.4, 0.5) is 5.82 Å². The number of thiophene rings is 1. The van der Waals surface area contributed by atoms with E-state index in [-0.39, 0.29) is 5.75 Å². The van der Waals surface area contributed by atoms with Gasteiger partial charge < -0.3 is 9.84 Å². The first-order valence-electron chi connectivity index (χ1n) is 6.97. The van der Waals surface area contributed by atoms with Gasteiger partial charge in [0.2, 0.25) is 0 Å². The summed E-state index contributed by atoms with van der Waals surface area (Å²) in [6.07, 6.45) is 3.04. The number of hydrogen-bond donors (Lipinski definition) is 2. The predicted molar refractivity (Wildman–Crippen MR) is 92.8 cm³/mol. The van der Waals surface area contributed by atoms with Crippen LogP contribution in [0.25, 0.3) is 10.2 Å². The first-order valence-corrected chi connectivity index (χ1v) is 7.79. The number of fused-ring (bicyclic) bond motifs is 1. The standard InChI is InChI=1S/C16H16N4O2S/c1-9-10(2)23-16-13(9)15(17-8-18-16)20-19-7-11-5-4-6-12(22-3)14(11)21/h4-8,21H,1-3H3,(H,17,18,20). The van der Waals surface area contributed by atoms with E-state index in [0.29, 0.717) is 17.1 Å². The van der Waals surface area contributed by atoms with E-state index >= 15 is 0 Å². The van der Waals surface area contributed by atoms with Gasteiger partial charge in [0.1, 0.15) is 11.2 Å². The van der Waals surface area contributed by atoms with Crippen LogP contribution in [0, 0.1) is 13.8 Å². The van der Waals surface area contributed by atoms with Crippen molar-refractivity contribution in [1.29, 1.82) is 0 Å². The van der Waals surface area contributed by atoms with Crippen molar-refractivity contribution in [2.45, 2.75) is 13.8 Å². The molecule has 0 saturated heterocycles. The highest BCUT2D eigenvalue weighted by atomic mass is 32.1. The van der Waals surface area contributed by atoms with Crippen LogP contribution in [0.2, 0.25) is 0 Å². The van der Waals surface area contributed by atoms with E-state index in [1.165, 1.54) is 24.5 Å². The third-order valence-corrected chi connectivity index (χ3v) is 4.70. The van der Waals surface area contributed by atoms with Gasteiger partial charge in [0, 0.05) is 10.4 Å². The number of aryl methyl sites for hydroxylation is 2. The van der Waals surface area contributed by atoms with Crippen molar-refractivity contribution in [3.63, 3.8) is 0 Å². The smallest absolute Gasteiger partial charge is 0.166 e. The maximum atomic E-state index is 10.0. The number of para-hydroxylation sites is 1. The third-order valence-electron chi connectivity index (χ3n) is 3.59. The lowest BCUT2D eigenvalue weighted by molar-refractivity contribution is 0.373. The molecule has 118 valence electrons. The zero-order valence-electron chi connectivity index (χ0n) is 13.0. The average molecular weight is 328 g/mol. The van der Waals surface area contributed by atoms with Gasteiger partial charge >= 0.3 is 0 Å². The largest absolute Gasteiger partial charge is 0.504 e. The minimum Gasteiger partial charge on any atom is -0.504 e. The molecule has 0 aliphatic carbocycles. The van der Waals surface area contributed by atoms with Gasteiger partial charge in [-0.1, -0.05) is 6.07 Å². The van der Waals surface area contributed by atoms with Crippen LogP contribution in [0.1, 0.15) is 16.0 Å². The molecule has 6 nitrogen and oxygen atoms in total. The molecule has 23 heavy (non-hydrogen) atoms. The number of nitrogens with zero attached hydrogens (tertiary/aromatic N) is 3. The number of benzene rings is 1. The molecule has 0 fully saturated rings. The van der Waals surface area contributed by atoms with Gasteiger partial charge in [0.25, 0.3) is 0 Å². The average Bonchev–Trinajstić information content (AvgIpc) is 2.84. The second-order valence-electron chi connectivity index (χ2n) is 4.95. The highest BCUT2D eigenvalue weighted by Crippen LogP contribution is 2.32. The summed E-state index contributed by atoms with van der Waals surface area (Å²) in [4.78, 5) is 10.7. The molecule has 2 aromatic heterocycles. The molecule has 3 aromatic rings. The lowest BCUT2D eigenvalue weighted by Crippen LogP contribution is -1.96. The fourth-order valence-electron chi connectivity index (χ4n) is 2.24.